The van der Waals surface area contributed by atoms with E-state index in [-0.39, 0.29) is 30.7 Å². The molecule has 1 unspecified atom stereocenters. The molecule has 4 N–H and O–H groups in total. The number of primary amides is 1. The summed E-state index contributed by atoms with van der Waals surface area (Å²) in [6.07, 6.45) is 3.56. The van der Waals surface area contributed by atoms with Crippen molar-refractivity contribution in [2.45, 2.75) is 146 Å². The minimum Gasteiger partial charge on any atom is -0.477 e. The number of rotatable bonds is 17. The fourth-order valence-electron chi connectivity index (χ4n) is 8.84. The predicted molar refractivity (Wildman–Crippen MR) is 224 cm³/mol. The first-order valence-corrected chi connectivity index (χ1v) is 23.2. The summed E-state index contributed by atoms with van der Waals surface area (Å²) in [6.45, 7) is 7.19. The Balaban J connectivity index is 1.15. The first-order valence-electron chi connectivity index (χ1n) is 21.7. The van der Waals surface area contributed by atoms with Crippen LogP contribution in [0.25, 0.3) is 10.8 Å². The number of nitrogens with zero attached hydrogens (tertiary/aromatic N) is 2. The van der Waals surface area contributed by atoms with Gasteiger partial charge in [0, 0.05) is 23.3 Å². The van der Waals surface area contributed by atoms with E-state index in [1.54, 1.807) is 13.8 Å². The molecule has 6 rings (SSSR count). The van der Waals surface area contributed by atoms with Gasteiger partial charge in [0.05, 0.1) is 17.9 Å². The first-order chi connectivity index (χ1) is 29.1. The molecule has 18 heteroatoms. The molecule has 3 heterocycles. The smallest absolute Gasteiger partial charge is 0.427 e. The number of amides is 4. The van der Waals surface area contributed by atoms with E-state index in [1.807, 2.05) is 43.3 Å². The van der Waals surface area contributed by atoms with Crippen LogP contribution in [0.5, 0.6) is 11.8 Å². The van der Waals surface area contributed by atoms with Crippen LogP contribution in [0.15, 0.2) is 36.4 Å². The van der Waals surface area contributed by atoms with Crippen LogP contribution in [0.1, 0.15) is 111 Å². The zero-order valence-corrected chi connectivity index (χ0v) is 36.9. The van der Waals surface area contributed by atoms with Crippen molar-refractivity contribution >= 4 is 44.6 Å². The second kappa shape index (κ2) is 18.6. The van der Waals surface area contributed by atoms with Gasteiger partial charge in [0.25, 0.3) is 0 Å². The molecule has 0 bridgehead atoms. The zero-order valence-electron chi connectivity index (χ0n) is 36.1. The number of allylic oxidation sites excluding steroid dienone is 2. The lowest BCUT2D eigenvalue weighted by atomic mass is 9.84. The maximum absolute atomic E-state index is 14.6. The van der Waals surface area contributed by atoms with Crippen molar-refractivity contribution in [1.29, 1.82) is 0 Å². The highest BCUT2D eigenvalue weighted by molar-refractivity contribution is 7.91. The fraction of sp³-hybridized carbons (Fsp3) is 0.659. The van der Waals surface area contributed by atoms with Gasteiger partial charge in [-0.15, -0.1) is 0 Å². The number of pyridine rings is 1. The number of aryl methyl sites for hydroxylation is 1. The van der Waals surface area contributed by atoms with E-state index < -0.39 is 80.4 Å². The molecule has 0 radical (unpaired) electrons. The van der Waals surface area contributed by atoms with Crippen LogP contribution in [-0.4, -0.2) is 90.0 Å². The Labute approximate surface area is 361 Å². The number of likely N-dealkylation sites (tertiary alicyclic amines) is 1. The van der Waals surface area contributed by atoms with Gasteiger partial charge in [-0.2, -0.15) is 18.2 Å². The van der Waals surface area contributed by atoms with E-state index >= 15 is 0 Å². The number of aromatic nitrogens is 1. The van der Waals surface area contributed by atoms with Gasteiger partial charge in [-0.3, -0.25) is 19.1 Å². The number of ether oxygens (including phenoxy) is 3. The Morgan fingerprint density at radius 1 is 1.11 bits per heavy atom. The number of halogens is 3. The number of sulfonamides is 1. The molecule has 7 atom stereocenters. The summed E-state index contributed by atoms with van der Waals surface area (Å²) < 4.78 is 85.3. The highest BCUT2D eigenvalue weighted by Crippen LogP contribution is 2.43. The normalized spacial score (nSPS) is 23.8. The van der Waals surface area contributed by atoms with Crippen molar-refractivity contribution in [2.24, 2.45) is 29.4 Å². The summed E-state index contributed by atoms with van der Waals surface area (Å²) in [5.74, 6) is -2.51. The molecular weight excluding hydrogens is 832 g/mol. The molecular formula is C44H60F3N5O9S. The molecule has 342 valence electrons. The number of benzene rings is 1. The third-order valence-electron chi connectivity index (χ3n) is 13.1. The third kappa shape index (κ3) is 10.4. The minimum atomic E-state index is -4.90. The van der Waals surface area contributed by atoms with Gasteiger partial charge in [-0.25, -0.2) is 13.2 Å². The number of alkyl carbamates (subject to hydrolysis) is 1. The Morgan fingerprint density at radius 2 is 1.82 bits per heavy atom. The molecule has 1 saturated heterocycles. The maximum atomic E-state index is 14.6. The van der Waals surface area contributed by atoms with Crippen molar-refractivity contribution < 1.29 is 55.0 Å². The van der Waals surface area contributed by atoms with E-state index in [4.69, 9.17) is 19.9 Å². The number of carbonyl (C=O) groups is 4. The molecule has 0 spiro atoms. The van der Waals surface area contributed by atoms with Crippen LogP contribution >= 0.6 is 0 Å². The summed E-state index contributed by atoms with van der Waals surface area (Å²) in [5.41, 5.74) is 3.94. The average molecular weight is 892 g/mol. The number of carbonyl (C=O) groups excluding carboxylic acids is 4. The van der Waals surface area contributed by atoms with Gasteiger partial charge < -0.3 is 30.2 Å². The number of hydrogen-bond acceptors (Lipinski definition) is 10. The molecule has 14 nitrogen and oxygen atoms in total. The van der Waals surface area contributed by atoms with Gasteiger partial charge in [0.2, 0.25) is 45.1 Å². The first kappa shape index (κ1) is 46.9. The fourth-order valence-corrected chi connectivity index (χ4v) is 10.1. The van der Waals surface area contributed by atoms with Crippen molar-refractivity contribution in [2.75, 3.05) is 13.2 Å². The molecule has 4 aliphatic rings. The maximum Gasteiger partial charge on any atom is 0.427 e. The number of alkyl halides is 3. The molecule has 2 aliphatic heterocycles. The van der Waals surface area contributed by atoms with Crippen LogP contribution in [0.4, 0.5) is 18.0 Å². The van der Waals surface area contributed by atoms with Crippen LogP contribution < -0.4 is 25.2 Å². The number of nitrogens with two attached hydrogens (primary N) is 1. The van der Waals surface area contributed by atoms with Crippen molar-refractivity contribution in [3.05, 3.63) is 42.0 Å². The highest BCUT2D eigenvalue weighted by atomic mass is 32.2. The van der Waals surface area contributed by atoms with Crippen molar-refractivity contribution in [1.82, 2.24) is 19.9 Å². The monoisotopic (exact) mass is 891 g/mol. The molecule has 3 fully saturated rings. The number of fused-ring (bicyclic) bond motifs is 3. The largest absolute Gasteiger partial charge is 0.477 e. The SMILES string of the molecule is CC[C@H](C[C@@H](C)CC/C=C\[C@@H]1CCCC1C(=O)NS(=O)(=O)C1(C)CC1)[C@H](NC(=O)OC(C)(C)C(F)(F)F)C(=O)N1C[C@H](Oc2nc3c(c4ccccc24)CCCO3)C[C@H]1C(N)=O. The second-order valence-corrected chi connectivity index (χ2v) is 20.4. The van der Waals surface area contributed by atoms with E-state index in [1.165, 1.54) is 4.90 Å². The second-order valence-electron chi connectivity index (χ2n) is 18.2. The molecule has 62 heavy (non-hydrogen) atoms. The Kier molecular flexibility index (Phi) is 14.1. The lowest BCUT2D eigenvalue weighted by molar-refractivity contribution is -0.244. The van der Waals surface area contributed by atoms with Crippen LogP contribution in [0.3, 0.4) is 0 Å². The van der Waals surface area contributed by atoms with E-state index in [0.717, 1.165) is 42.0 Å². The summed E-state index contributed by atoms with van der Waals surface area (Å²) in [6, 6.07) is 5.01. The van der Waals surface area contributed by atoms with Crippen molar-refractivity contribution in [3.63, 3.8) is 0 Å². The van der Waals surface area contributed by atoms with Crippen molar-refractivity contribution in [3.8, 4) is 11.8 Å². The standard InChI is InChI=1S/C44H60F3N5O9S/c1-6-27(23-26(2)13-7-8-14-28-15-11-18-30(28)37(54)51-62(57,58)43(5)20-21-43)35(49-41(56)61-42(3,4)44(45,46)47)40(55)52-25-29(24-34(52)36(48)53)60-39-33-17-10-9-16-31(33)32-19-12-22-59-38(32)50-39/h8-10,14,16-17,26-30,34-35H,6-7,11-13,15,18-25H2,1-5H3,(H2,48,53)(H,49,56)(H,51,54)/b14-8-/t26-,27+,28+,29+,30?,34-,35-/m0/s1. The summed E-state index contributed by atoms with van der Waals surface area (Å²) in [4.78, 5) is 59.7. The molecule has 1 aromatic heterocycles. The van der Waals surface area contributed by atoms with Crippen LogP contribution in [0.2, 0.25) is 0 Å². The highest BCUT2D eigenvalue weighted by Gasteiger charge is 2.53. The van der Waals surface area contributed by atoms with Gasteiger partial charge >= 0.3 is 12.3 Å². The molecule has 4 amide bonds. The van der Waals surface area contributed by atoms with E-state index in [9.17, 15) is 40.8 Å². The Hall–Kier alpha value is -4.61. The number of hydrogen-bond donors (Lipinski definition) is 3. The molecule has 2 saturated carbocycles. The molecule has 2 aromatic rings. The lowest BCUT2D eigenvalue weighted by Gasteiger charge is -2.34. The summed E-state index contributed by atoms with van der Waals surface area (Å²) >= 11 is 0. The van der Waals surface area contributed by atoms with Gasteiger partial charge in [-0.05, 0) is 108 Å². The molecule has 2 aliphatic carbocycles. The van der Waals surface area contributed by atoms with Gasteiger partial charge in [-0.1, -0.05) is 57.0 Å². The predicted octanol–water partition coefficient (Wildman–Crippen LogP) is 6.63. The zero-order chi connectivity index (χ0) is 45.2. The Bertz CT molecular complexity index is 2140. The van der Waals surface area contributed by atoms with Gasteiger partial charge in [0.15, 0.2) is 0 Å². The van der Waals surface area contributed by atoms with E-state index in [0.29, 0.717) is 71.3 Å². The van der Waals surface area contributed by atoms with E-state index in [2.05, 4.69) is 15.0 Å². The summed E-state index contributed by atoms with van der Waals surface area (Å²) in [5, 5.41) is 4.07. The van der Waals surface area contributed by atoms with Gasteiger partial charge in [0.1, 0.15) is 18.2 Å². The minimum absolute atomic E-state index is 0.00548. The quantitative estimate of drug-likeness (QED) is 0.145. The van der Waals surface area contributed by atoms with Crippen LogP contribution in [0, 0.1) is 23.7 Å². The lowest BCUT2D eigenvalue weighted by Crippen LogP contribution is -2.57. The Morgan fingerprint density at radius 3 is 2.48 bits per heavy atom. The van der Waals surface area contributed by atoms with Crippen LogP contribution in [-0.2, 0) is 35.6 Å². The average Bonchev–Trinajstić information content (AvgIpc) is 3.58. The summed E-state index contributed by atoms with van der Waals surface area (Å²) in [7, 11) is -3.74. The third-order valence-corrected chi connectivity index (χ3v) is 15.3. The topological polar surface area (TPSA) is 196 Å². The number of nitrogens with one attached hydrogen (secondary N) is 2. The molecule has 1 aromatic carbocycles.